The van der Waals surface area contributed by atoms with Gasteiger partial charge in [0, 0.05) is 36.8 Å². The number of pyridine rings is 1. The number of aromatic nitrogens is 1. The third-order valence-electron chi connectivity index (χ3n) is 5.05. The Labute approximate surface area is 143 Å². The zero-order valence-corrected chi connectivity index (χ0v) is 14.7. The number of alkyl halides is 1. The van der Waals surface area contributed by atoms with Crippen molar-refractivity contribution in [3.8, 4) is 5.75 Å². The van der Waals surface area contributed by atoms with E-state index in [4.69, 9.17) is 4.74 Å². The first-order chi connectivity index (χ1) is 11.7. The lowest BCUT2D eigenvalue weighted by Gasteiger charge is -2.33. The molecule has 0 amide bonds. The molecule has 0 radical (unpaired) electrons. The minimum Gasteiger partial charge on any atom is -0.490 e. The summed E-state index contributed by atoms with van der Waals surface area (Å²) in [7, 11) is 0. The van der Waals surface area contributed by atoms with Crippen molar-refractivity contribution in [2.24, 2.45) is 5.92 Å². The van der Waals surface area contributed by atoms with Crippen molar-refractivity contribution in [2.45, 2.75) is 45.9 Å². The van der Waals surface area contributed by atoms with Crippen LogP contribution >= 0.6 is 0 Å². The fourth-order valence-corrected chi connectivity index (χ4v) is 3.38. The molecular formula is C20H27FN2O. The predicted molar refractivity (Wildman–Crippen MR) is 96.1 cm³/mol. The van der Waals surface area contributed by atoms with Crippen LogP contribution in [0.2, 0.25) is 0 Å². The topological polar surface area (TPSA) is 25.4 Å². The van der Waals surface area contributed by atoms with Crippen molar-refractivity contribution in [3.63, 3.8) is 0 Å². The lowest BCUT2D eigenvalue weighted by molar-refractivity contribution is 0.0933. The molecule has 3 nitrogen and oxygen atoms in total. The number of benzene rings is 1. The van der Waals surface area contributed by atoms with E-state index >= 15 is 0 Å². The molecule has 3 rings (SSSR count). The summed E-state index contributed by atoms with van der Waals surface area (Å²) in [6, 6.07) is 7.53. The van der Waals surface area contributed by atoms with E-state index < -0.39 is 6.67 Å². The summed E-state index contributed by atoms with van der Waals surface area (Å²) in [5.74, 6) is 1.58. The summed E-state index contributed by atoms with van der Waals surface area (Å²) in [6.07, 6.45) is 5.27. The second-order valence-corrected chi connectivity index (χ2v) is 6.89. The molecule has 0 N–H and O–H groups in total. The molecule has 1 unspecified atom stereocenters. The maximum absolute atomic E-state index is 13.1. The van der Waals surface area contributed by atoms with Gasteiger partial charge in [-0.25, -0.2) is 4.39 Å². The molecule has 1 aromatic carbocycles. The number of hydrogen-bond donors (Lipinski definition) is 0. The average Bonchev–Trinajstić information content (AvgIpc) is 2.63. The Kier molecular flexibility index (Phi) is 5.67. The monoisotopic (exact) mass is 330 g/mol. The summed E-state index contributed by atoms with van der Waals surface area (Å²) >= 11 is 0. The summed E-state index contributed by atoms with van der Waals surface area (Å²) in [5, 5.41) is 0.912. The summed E-state index contributed by atoms with van der Waals surface area (Å²) in [4.78, 5) is 6.87. The van der Waals surface area contributed by atoms with Gasteiger partial charge in [0.15, 0.2) is 0 Å². The zero-order valence-electron chi connectivity index (χ0n) is 14.7. The first-order valence-electron chi connectivity index (χ1n) is 9.02. The zero-order chi connectivity index (χ0) is 16.9. The van der Waals surface area contributed by atoms with Gasteiger partial charge in [-0.2, -0.15) is 0 Å². The Morgan fingerprint density at radius 2 is 2.08 bits per heavy atom. The molecule has 0 aliphatic carbocycles. The standard InChI is InChI=1S/C20H27FN2O/c1-3-15(2)14-23-11-8-17(9-12-23)24-19-7-10-22-20-16(13-21)5-4-6-18(19)20/h4-7,10,15,17H,3,8-9,11-14H2,1-2H3. The molecule has 24 heavy (non-hydrogen) atoms. The van der Waals surface area contributed by atoms with Crippen LogP contribution < -0.4 is 4.74 Å². The largest absolute Gasteiger partial charge is 0.490 e. The molecule has 0 spiro atoms. The van der Waals surface area contributed by atoms with E-state index in [-0.39, 0.29) is 6.10 Å². The van der Waals surface area contributed by atoms with Gasteiger partial charge in [0.05, 0.1) is 5.52 Å². The van der Waals surface area contributed by atoms with Crippen LogP contribution in [0.3, 0.4) is 0 Å². The molecule has 1 aromatic heterocycles. The number of likely N-dealkylation sites (tertiary alicyclic amines) is 1. The highest BCUT2D eigenvalue weighted by Gasteiger charge is 2.22. The van der Waals surface area contributed by atoms with Gasteiger partial charge in [0.25, 0.3) is 0 Å². The normalized spacial score (nSPS) is 18.0. The molecule has 1 fully saturated rings. The number of para-hydroxylation sites is 1. The molecule has 2 aromatic rings. The van der Waals surface area contributed by atoms with Gasteiger partial charge in [-0.1, -0.05) is 32.4 Å². The second kappa shape index (κ2) is 7.93. The highest BCUT2D eigenvalue weighted by molar-refractivity contribution is 5.87. The van der Waals surface area contributed by atoms with Gasteiger partial charge >= 0.3 is 0 Å². The lowest BCUT2D eigenvalue weighted by atomic mass is 10.0. The highest BCUT2D eigenvalue weighted by Crippen LogP contribution is 2.29. The third-order valence-corrected chi connectivity index (χ3v) is 5.05. The van der Waals surface area contributed by atoms with E-state index in [0.29, 0.717) is 11.1 Å². The van der Waals surface area contributed by atoms with Crippen LogP contribution in [0.15, 0.2) is 30.5 Å². The fraction of sp³-hybridized carbons (Fsp3) is 0.550. The van der Waals surface area contributed by atoms with Crippen molar-refractivity contribution in [1.82, 2.24) is 9.88 Å². The number of fused-ring (bicyclic) bond motifs is 1. The Morgan fingerprint density at radius 3 is 2.79 bits per heavy atom. The number of hydrogen-bond acceptors (Lipinski definition) is 3. The van der Waals surface area contributed by atoms with Crippen LogP contribution in [-0.2, 0) is 6.67 Å². The lowest BCUT2D eigenvalue weighted by Crippen LogP contribution is -2.40. The number of piperidine rings is 1. The number of nitrogens with zero attached hydrogens (tertiary/aromatic N) is 2. The molecule has 130 valence electrons. The summed E-state index contributed by atoms with van der Waals surface area (Å²) in [6.45, 7) is 7.43. The van der Waals surface area contributed by atoms with Gasteiger partial charge < -0.3 is 9.64 Å². The van der Waals surface area contributed by atoms with Crippen molar-refractivity contribution in [2.75, 3.05) is 19.6 Å². The SMILES string of the molecule is CCC(C)CN1CCC(Oc2ccnc3c(CF)cccc23)CC1. The Hall–Kier alpha value is -1.68. The maximum Gasteiger partial charge on any atom is 0.130 e. The quantitative estimate of drug-likeness (QED) is 0.774. The molecule has 1 atom stereocenters. The van der Waals surface area contributed by atoms with Crippen molar-refractivity contribution >= 4 is 10.9 Å². The summed E-state index contributed by atoms with van der Waals surface area (Å²) in [5.41, 5.74) is 1.34. The molecule has 2 heterocycles. The van der Waals surface area contributed by atoms with E-state index in [1.807, 2.05) is 18.2 Å². The first-order valence-corrected chi connectivity index (χ1v) is 9.02. The van der Waals surface area contributed by atoms with Gasteiger partial charge in [0.1, 0.15) is 18.5 Å². The first kappa shape index (κ1) is 17.2. The molecule has 0 saturated carbocycles. The van der Waals surface area contributed by atoms with Crippen LogP contribution in [0.1, 0.15) is 38.7 Å². The Morgan fingerprint density at radius 1 is 1.29 bits per heavy atom. The summed E-state index contributed by atoms with van der Waals surface area (Å²) < 4.78 is 19.4. The average molecular weight is 330 g/mol. The molecule has 1 saturated heterocycles. The van der Waals surface area contributed by atoms with Crippen LogP contribution in [0.5, 0.6) is 5.75 Å². The van der Waals surface area contributed by atoms with Gasteiger partial charge in [0.2, 0.25) is 0 Å². The minimum atomic E-state index is -0.498. The number of rotatable bonds is 6. The van der Waals surface area contributed by atoms with E-state index in [9.17, 15) is 4.39 Å². The predicted octanol–water partition coefficient (Wildman–Crippen LogP) is 4.59. The van der Waals surface area contributed by atoms with Crippen LogP contribution in [0, 0.1) is 5.92 Å². The molecular weight excluding hydrogens is 303 g/mol. The van der Waals surface area contributed by atoms with Crippen molar-refractivity contribution < 1.29 is 9.13 Å². The van der Waals surface area contributed by atoms with Crippen LogP contribution in [0.4, 0.5) is 4.39 Å². The maximum atomic E-state index is 13.1. The Bertz CT molecular complexity index is 668. The van der Waals surface area contributed by atoms with Crippen molar-refractivity contribution in [3.05, 3.63) is 36.0 Å². The van der Waals surface area contributed by atoms with Gasteiger partial charge in [-0.05, 0) is 30.9 Å². The number of ether oxygens (including phenoxy) is 1. The molecule has 1 aliphatic heterocycles. The van der Waals surface area contributed by atoms with E-state index in [1.165, 1.54) is 13.0 Å². The Balaban J connectivity index is 1.66. The van der Waals surface area contributed by atoms with Crippen LogP contribution in [-0.4, -0.2) is 35.6 Å². The van der Waals surface area contributed by atoms with Crippen molar-refractivity contribution in [1.29, 1.82) is 0 Å². The smallest absolute Gasteiger partial charge is 0.130 e. The molecule has 4 heteroatoms. The van der Waals surface area contributed by atoms with E-state index in [0.717, 1.165) is 43.0 Å². The number of halogens is 1. The molecule has 0 bridgehead atoms. The van der Waals surface area contributed by atoms with Crippen LogP contribution in [0.25, 0.3) is 10.9 Å². The van der Waals surface area contributed by atoms with Gasteiger partial charge in [-0.15, -0.1) is 0 Å². The van der Waals surface area contributed by atoms with E-state index in [2.05, 4.69) is 23.7 Å². The molecule has 1 aliphatic rings. The van der Waals surface area contributed by atoms with Gasteiger partial charge in [-0.3, -0.25) is 4.98 Å². The highest BCUT2D eigenvalue weighted by atomic mass is 19.1. The second-order valence-electron chi connectivity index (χ2n) is 6.89. The minimum absolute atomic E-state index is 0.234. The fourth-order valence-electron chi connectivity index (χ4n) is 3.38. The third kappa shape index (κ3) is 3.86. The van der Waals surface area contributed by atoms with E-state index in [1.54, 1.807) is 12.3 Å².